The van der Waals surface area contributed by atoms with Crippen molar-refractivity contribution in [3.63, 3.8) is 0 Å². The van der Waals surface area contributed by atoms with Gasteiger partial charge in [0.2, 0.25) is 0 Å². The first-order valence-corrected chi connectivity index (χ1v) is 5.25. The molecule has 0 aliphatic rings. The van der Waals surface area contributed by atoms with Gasteiger partial charge >= 0.3 is 0 Å². The minimum absolute atomic E-state index is 0.431. The van der Waals surface area contributed by atoms with Gasteiger partial charge in [-0.25, -0.2) is 9.97 Å². The van der Waals surface area contributed by atoms with E-state index in [1.54, 1.807) is 6.07 Å². The van der Waals surface area contributed by atoms with E-state index in [0.29, 0.717) is 17.1 Å². The number of hydrogen-bond acceptors (Lipinski definition) is 3. The molecule has 1 rings (SSSR count). The van der Waals surface area contributed by atoms with Gasteiger partial charge in [0.05, 0.1) is 0 Å². The van der Waals surface area contributed by atoms with Crippen LogP contribution in [0.1, 0.15) is 27.2 Å². The van der Waals surface area contributed by atoms with Gasteiger partial charge in [0.25, 0.3) is 0 Å². The van der Waals surface area contributed by atoms with Crippen molar-refractivity contribution in [2.75, 3.05) is 5.32 Å². The summed E-state index contributed by atoms with van der Waals surface area (Å²) in [5.74, 6) is 1.37. The average Bonchev–Trinajstić information content (AvgIpc) is 2.14. The number of aromatic nitrogens is 2. The molecular formula is C10H16ClN3. The summed E-state index contributed by atoms with van der Waals surface area (Å²) in [4.78, 5) is 7.94. The molecule has 1 N–H and O–H groups in total. The van der Waals surface area contributed by atoms with Crippen LogP contribution in [0.2, 0.25) is 5.15 Å². The van der Waals surface area contributed by atoms with E-state index in [0.717, 1.165) is 12.2 Å². The molecule has 1 heterocycles. The molecule has 0 radical (unpaired) electrons. The Bertz CT molecular complexity index is 288. The molecule has 0 saturated heterocycles. The highest BCUT2D eigenvalue weighted by Gasteiger charge is 2.10. The predicted octanol–water partition coefficient (Wildman–Crippen LogP) is 2.98. The summed E-state index contributed by atoms with van der Waals surface area (Å²) < 4.78 is 0. The number of rotatable bonds is 4. The molecule has 0 fully saturated rings. The third-order valence-electron chi connectivity index (χ3n) is 2.21. The third-order valence-corrected chi connectivity index (χ3v) is 2.42. The normalized spacial score (nSPS) is 12.9. The summed E-state index contributed by atoms with van der Waals surface area (Å²) in [6.45, 7) is 6.52. The Morgan fingerprint density at radius 2 is 2.14 bits per heavy atom. The van der Waals surface area contributed by atoms with Crippen molar-refractivity contribution in [3.05, 3.63) is 17.5 Å². The average molecular weight is 214 g/mol. The lowest BCUT2D eigenvalue weighted by molar-refractivity contribution is 0.509. The molecule has 0 aliphatic carbocycles. The Hall–Kier alpha value is -0.830. The fourth-order valence-corrected chi connectivity index (χ4v) is 1.49. The molecular weight excluding hydrogens is 198 g/mol. The fraction of sp³-hybridized carbons (Fsp3) is 0.600. The van der Waals surface area contributed by atoms with E-state index < -0.39 is 0 Å². The van der Waals surface area contributed by atoms with E-state index in [4.69, 9.17) is 11.6 Å². The molecule has 3 nitrogen and oxygen atoms in total. The van der Waals surface area contributed by atoms with Crippen LogP contribution in [0.4, 0.5) is 5.82 Å². The maximum absolute atomic E-state index is 5.76. The van der Waals surface area contributed by atoms with Gasteiger partial charge in [-0.1, -0.05) is 32.4 Å². The van der Waals surface area contributed by atoms with E-state index in [1.165, 1.54) is 6.33 Å². The zero-order chi connectivity index (χ0) is 10.6. The lowest BCUT2D eigenvalue weighted by Gasteiger charge is -2.21. The van der Waals surface area contributed by atoms with E-state index >= 15 is 0 Å². The maximum atomic E-state index is 5.76. The molecule has 4 heteroatoms. The van der Waals surface area contributed by atoms with Crippen LogP contribution in [0.5, 0.6) is 0 Å². The van der Waals surface area contributed by atoms with E-state index in [-0.39, 0.29) is 0 Å². The molecule has 0 saturated carbocycles. The lowest BCUT2D eigenvalue weighted by Crippen LogP contribution is -2.25. The second-order valence-electron chi connectivity index (χ2n) is 3.63. The van der Waals surface area contributed by atoms with Crippen LogP contribution in [0.15, 0.2) is 12.4 Å². The van der Waals surface area contributed by atoms with Gasteiger partial charge in [0, 0.05) is 12.1 Å². The van der Waals surface area contributed by atoms with Crippen LogP contribution >= 0.6 is 11.6 Å². The number of hydrogen-bond donors (Lipinski definition) is 1. The van der Waals surface area contributed by atoms with Gasteiger partial charge in [-0.3, -0.25) is 0 Å². The summed E-state index contributed by atoms with van der Waals surface area (Å²) in [7, 11) is 0. The van der Waals surface area contributed by atoms with Crippen LogP contribution in [0.3, 0.4) is 0 Å². The fourth-order valence-electron chi connectivity index (χ4n) is 1.34. The molecule has 1 atom stereocenters. The Labute approximate surface area is 89.9 Å². The highest BCUT2D eigenvalue weighted by molar-refractivity contribution is 6.29. The molecule has 0 aliphatic heterocycles. The molecule has 14 heavy (non-hydrogen) atoms. The van der Waals surface area contributed by atoms with Gasteiger partial charge in [-0.05, 0) is 12.3 Å². The molecule has 1 aromatic heterocycles. The van der Waals surface area contributed by atoms with Gasteiger partial charge in [0.15, 0.2) is 0 Å². The van der Waals surface area contributed by atoms with E-state index in [2.05, 4.69) is 36.1 Å². The molecule has 0 bridgehead atoms. The smallest absolute Gasteiger partial charge is 0.134 e. The second kappa shape index (κ2) is 5.15. The topological polar surface area (TPSA) is 37.8 Å². The highest BCUT2D eigenvalue weighted by Crippen LogP contribution is 2.14. The molecule has 0 spiro atoms. The number of halogens is 1. The van der Waals surface area contributed by atoms with Crippen LogP contribution < -0.4 is 5.32 Å². The lowest BCUT2D eigenvalue weighted by atomic mass is 10.0. The summed E-state index contributed by atoms with van der Waals surface area (Å²) in [6.07, 6.45) is 2.54. The first-order valence-electron chi connectivity index (χ1n) is 4.87. The quantitative estimate of drug-likeness (QED) is 0.782. The van der Waals surface area contributed by atoms with Crippen molar-refractivity contribution in [2.45, 2.75) is 33.2 Å². The highest BCUT2D eigenvalue weighted by atomic mass is 35.5. The van der Waals surface area contributed by atoms with Crippen LogP contribution in [0.25, 0.3) is 0 Å². The van der Waals surface area contributed by atoms with Crippen LogP contribution in [-0.4, -0.2) is 16.0 Å². The van der Waals surface area contributed by atoms with Crippen molar-refractivity contribution in [3.8, 4) is 0 Å². The van der Waals surface area contributed by atoms with E-state index in [1.807, 2.05) is 0 Å². The molecule has 78 valence electrons. The Balaban J connectivity index is 2.67. The summed E-state index contributed by atoms with van der Waals surface area (Å²) in [6, 6.07) is 2.17. The monoisotopic (exact) mass is 213 g/mol. The van der Waals surface area contributed by atoms with Crippen molar-refractivity contribution in [1.29, 1.82) is 0 Å². The third kappa shape index (κ3) is 3.14. The van der Waals surface area contributed by atoms with Crippen LogP contribution in [0, 0.1) is 5.92 Å². The minimum atomic E-state index is 0.431. The SMILES string of the molecule is CCC(Nc1cc(Cl)ncn1)C(C)C. The Morgan fingerprint density at radius 1 is 1.43 bits per heavy atom. The zero-order valence-electron chi connectivity index (χ0n) is 8.79. The summed E-state index contributed by atoms with van der Waals surface area (Å²) in [5, 5.41) is 3.81. The summed E-state index contributed by atoms with van der Waals surface area (Å²) in [5.41, 5.74) is 0. The van der Waals surface area contributed by atoms with Crippen molar-refractivity contribution in [2.24, 2.45) is 5.92 Å². The van der Waals surface area contributed by atoms with E-state index in [9.17, 15) is 0 Å². The predicted molar refractivity (Wildman–Crippen MR) is 59.6 cm³/mol. The van der Waals surface area contributed by atoms with Crippen molar-refractivity contribution in [1.82, 2.24) is 9.97 Å². The largest absolute Gasteiger partial charge is 0.367 e. The van der Waals surface area contributed by atoms with Crippen molar-refractivity contribution < 1.29 is 0 Å². The summed E-state index contributed by atoms with van der Waals surface area (Å²) >= 11 is 5.76. The molecule has 0 aromatic carbocycles. The van der Waals surface area contributed by atoms with Gasteiger partial charge in [-0.2, -0.15) is 0 Å². The van der Waals surface area contributed by atoms with Crippen molar-refractivity contribution >= 4 is 17.4 Å². The number of nitrogens with one attached hydrogen (secondary N) is 1. The maximum Gasteiger partial charge on any atom is 0.134 e. The molecule has 0 amide bonds. The van der Waals surface area contributed by atoms with Crippen LogP contribution in [-0.2, 0) is 0 Å². The first kappa shape index (κ1) is 11.2. The standard InChI is InChI=1S/C10H16ClN3/c1-4-8(7(2)3)14-10-5-9(11)12-6-13-10/h5-8H,4H2,1-3H3,(H,12,13,14). The Morgan fingerprint density at radius 3 is 2.64 bits per heavy atom. The van der Waals surface area contributed by atoms with Gasteiger partial charge in [-0.15, -0.1) is 0 Å². The molecule has 1 aromatic rings. The van der Waals surface area contributed by atoms with Gasteiger partial charge < -0.3 is 5.32 Å². The zero-order valence-corrected chi connectivity index (χ0v) is 9.54. The Kier molecular flexibility index (Phi) is 4.14. The number of anilines is 1. The minimum Gasteiger partial charge on any atom is -0.367 e. The van der Waals surface area contributed by atoms with Gasteiger partial charge in [0.1, 0.15) is 17.3 Å². The first-order chi connectivity index (χ1) is 6.63. The molecule has 1 unspecified atom stereocenters. The number of nitrogens with zero attached hydrogens (tertiary/aromatic N) is 2. The second-order valence-corrected chi connectivity index (χ2v) is 4.02.